The van der Waals surface area contributed by atoms with Gasteiger partial charge in [0.25, 0.3) is 0 Å². The monoisotopic (exact) mass is 627 g/mol. The minimum atomic E-state index is -0.439. The number of hydrogen-bond acceptors (Lipinski definition) is 7. The number of carbonyl (C=O) groups excluding carboxylic acids is 3. The molecule has 46 heavy (non-hydrogen) atoms. The fourth-order valence-electron chi connectivity index (χ4n) is 6.01. The third-order valence-corrected chi connectivity index (χ3v) is 8.63. The number of rotatable bonds is 14. The van der Waals surface area contributed by atoms with Crippen LogP contribution in [0.15, 0.2) is 78.9 Å². The Hall–Kier alpha value is -4.41. The van der Waals surface area contributed by atoms with Gasteiger partial charge in [-0.25, -0.2) is 4.79 Å². The van der Waals surface area contributed by atoms with E-state index in [2.05, 4.69) is 15.5 Å². The minimum absolute atomic E-state index is 0.00586. The summed E-state index contributed by atoms with van der Waals surface area (Å²) >= 11 is 0. The summed E-state index contributed by atoms with van der Waals surface area (Å²) in [5.74, 6) is 0.279. The molecule has 3 amide bonds. The second-order valence-electron chi connectivity index (χ2n) is 12.0. The lowest BCUT2D eigenvalue weighted by atomic mass is 10.0. The number of aromatic hydroxyl groups is 1. The van der Waals surface area contributed by atoms with Gasteiger partial charge in [-0.05, 0) is 81.1 Å². The van der Waals surface area contributed by atoms with E-state index in [0.29, 0.717) is 13.1 Å². The third-order valence-electron chi connectivity index (χ3n) is 8.63. The number of nitrogens with one attached hydrogen (secondary N) is 2. The van der Waals surface area contributed by atoms with Crippen molar-refractivity contribution >= 4 is 23.6 Å². The van der Waals surface area contributed by atoms with E-state index in [9.17, 15) is 19.5 Å². The van der Waals surface area contributed by atoms with Crippen molar-refractivity contribution in [3.63, 3.8) is 0 Å². The smallest absolute Gasteiger partial charge is 0.411 e. The Labute approximate surface area is 271 Å². The average Bonchev–Trinajstić information content (AvgIpc) is 3.07. The Morgan fingerprint density at radius 1 is 0.783 bits per heavy atom. The molecule has 0 atom stereocenters. The first-order valence-electron chi connectivity index (χ1n) is 16.3. The maximum atomic E-state index is 12.8. The summed E-state index contributed by atoms with van der Waals surface area (Å²) in [5.41, 5.74) is 3.85. The summed E-state index contributed by atoms with van der Waals surface area (Å²) in [4.78, 5) is 43.9. The number of piperidine rings is 1. The lowest BCUT2D eigenvalue weighted by Gasteiger charge is -2.35. The predicted molar refractivity (Wildman–Crippen MR) is 179 cm³/mol. The van der Waals surface area contributed by atoms with Crippen LogP contribution in [0.1, 0.15) is 31.2 Å². The van der Waals surface area contributed by atoms with Gasteiger partial charge in [0.1, 0.15) is 11.9 Å². The molecule has 0 radical (unpaired) electrons. The van der Waals surface area contributed by atoms with E-state index in [1.54, 1.807) is 21.9 Å². The van der Waals surface area contributed by atoms with Gasteiger partial charge >= 0.3 is 6.09 Å². The maximum absolute atomic E-state index is 12.8. The molecule has 0 saturated carbocycles. The molecule has 10 heteroatoms. The number of para-hydroxylation sites is 1. The van der Waals surface area contributed by atoms with Gasteiger partial charge in [-0.15, -0.1) is 0 Å². The van der Waals surface area contributed by atoms with Gasteiger partial charge in [-0.1, -0.05) is 60.7 Å². The Kier molecular flexibility index (Phi) is 12.0. The molecule has 2 aliphatic rings. The number of ether oxygens (including phenoxy) is 1. The van der Waals surface area contributed by atoms with Crippen molar-refractivity contribution in [1.82, 2.24) is 20.0 Å². The Morgan fingerprint density at radius 3 is 2.15 bits per heavy atom. The van der Waals surface area contributed by atoms with Crippen LogP contribution in [0.2, 0.25) is 0 Å². The number of anilines is 1. The highest BCUT2D eigenvalue weighted by Gasteiger charge is 2.29. The maximum Gasteiger partial charge on any atom is 0.411 e. The van der Waals surface area contributed by atoms with E-state index >= 15 is 0 Å². The van der Waals surface area contributed by atoms with Gasteiger partial charge in [0.05, 0.1) is 18.8 Å². The second kappa shape index (κ2) is 16.8. The van der Waals surface area contributed by atoms with E-state index in [4.69, 9.17) is 4.74 Å². The van der Waals surface area contributed by atoms with E-state index in [1.807, 2.05) is 66.7 Å². The molecule has 2 saturated heterocycles. The highest BCUT2D eigenvalue weighted by Crippen LogP contribution is 2.28. The number of phenols is 1. The van der Waals surface area contributed by atoms with Crippen molar-refractivity contribution in [2.45, 2.75) is 38.2 Å². The molecule has 0 spiro atoms. The summed E-state index contributed by atoms with van der Waals surface area (Å²) < 4.78 is 5.76. The Bertz CT molecular complexity index is 1430. The molecule has 2 heterocycles. The zero-order valence-electron chi connectivity index (χ0n) is 26.4. The number of amides is 3. The van der Waals surface area contributed by atoms with Gasteiger partial charge in [0, 0.05) is 31.7 Å². The van der Waals surface area contributed by atoms with Gasteiger partial charge in [0.2, 0.25) is 11.8 Å². The van der Waals surface area contributed by atoms with Crippen molar-refractivity contribution in [1.29, 1.82) is 0 Å². The second-order valence-corrected chi connectivity index (χ2v) is 12.0. The van der Waals surface area contributed by atoms with E-state index < -0.39 is 6.09 Å². The first-order chi connectivity index (χ1) is 22.4. The molecule has 5 rings (SSSR count). The first kappa shape index (κ1) is 33.0. The lowest BCUT2D eigenvalue weighted by Crippen LogP contribution is -2.54. The van der Waals surface area contributed by atoms with Crippen molar-refractivity contribution in [3.8, 4) is 16.9 Å². The molecular weight excluding hydrogens is 582 g/mol. The zero-order chi connectivity index (χ0) is 32.1. The average molecular weight is 628 g/mol. The van der Waals surface area contributed by atoms with Crippen molar-refractivity contribution in [3.05, 3.63) is 84.4 Å². The fourth-order valence-corrected chi connectivity index (χ4v) is 6.01. The molecule has 3 N–H and O–H groups in total. The van der Waals surface area contributed by atoms with E-state index in [-0.39, 0.29) is 36.8 Å². The number of hydrogen-bond donors (Lipinski definition) is 3. The highest BCUT2D eigenvalue weighted by molar-refractivity contribution is 5.92. The van der Waals surface area contributed by atoms with Crippen molar-refractivity contribution in [2.24, 2.45) is 0 Å². The van der Waals surface area contributed by atoms with E-state index in [1.165, 1.54) is 0 Å². The number of likely N-dealkylation sites (tertiary alicyclic amines) is 1. The molecule has 0 aromatic heterocycles. The van der Waals surface area contributed by atoms with Crippen LogP contribution in [0.3, 0.4) is 0 Å². The number of piperazine rings is 1. The van der Waals surface area contributed by atoms with Crippen molar-refractivity contribution in [2.75, 3.05) is 64.2 Å². The Balaban J connectivity index is 0.933. The molecule has 0 bridgehead atoms. The van der Waals surface area contributed by atoms with Crippen LogP contribution in [0, 0.1) is 0 Å². The number of benzene rings is 3. The zero-order valence-corrected chi connectivity index (χ0v) is 26.4. The highest BCUT2D eigenvalue weighted by atomic mass is 16.6. The van der Waals surface area contributed by atoms with Gasteiger partial charge in [-0.3, -0.25) is 14.9 Å². The fraction of sp³-hybridized carbons (Fsp3) is 0.417. The minimum Gasteiger partial charge on any atom is -0.508 e. The number of phenolic OH excluding ortho intramolecular Hbond substituents is 1. The summed E-state index contributed by atoms with van der Waals surface area (Å²) in [7, 11) is 0. The molecule has 10 nitrogen and oxygen atoms in total. The molecule has 2 aliphatic heterocycles. The number of carbonyl (C=O) groups is 3. The lowest BCUT2D eigenvalue weighted by molar-refractivity contribution is -0.150. The van der Waals surface area contributed by atoms with Crippen LogP contribution in [-0.4, -0.2) is 103 Å². The first-order valence-corrected chi connectivity index (χ1v) is 16.3. The Morgan fingerprint density at radius 2 is 1.43 bits per heavy atom. The predicted octanol–water partition coefficient (Wildman–Crippen LogP) is 4.36. The summed E-state index contributed by atoms with van der Waals surface area (Å²) in [6.07, 6.45) is 3.39. The quantitative estimate of drug-likeness (QED) is 0.228. The molecule has 3 aromatic carbocycles. The van der Waals surface area contributed by atoms with Gasteiger partial charge in [-0.2, -0.15) is 0 Å². The van der Waals surface area contributed by atoms with Crippen LogP contribution in [0.5, 0.6) is 5.75 Å². The standard InChI is InChI=1S/C36H45N5O5/c42-30-14-12-28(13-15-30)16-20-37-19-6-22-40-26-35(44)41(27-34(40)43)23-7-21-39-24-17-31(18-25-39)46-36(45)38-33-11-5-4-10-32(33)29-8-2-1-3-9-29/h1-5,8-15,31,37,42H,6-7,16-27H2,(H,38,45). The molecule has 244 valence electrons. The van der Waals surface area contributed by atoms with Crippen LogP contribution in [0.25, 0.3) is 11.1 Å². The molecule has 3 aromatic rings. The largest absolute Gasteiger partial charge is 0.508 e. The van der Waals surface area contributed by atoms with Gasteiger partial charge < -0.3 is 29.9 Å². The normalized spacial score (nSPS) is 16.1. The number of nitrogens with zero attached hydrogens (tertiary/aromatic N) is 3. The topological polar surface area (TPSA) is 114 Å². The summed E-state index contributed by atoms with van der Waals surface area (Å²) in [6.45, 7) is 5.49. The molecule has 0 unspecified atom stereocenters. The SMILES string of the molecule is O=C(Nc1ccccc1-c1ccccc1)OC1CCN(CCCN2CC(=O)N(CCCNCCc3ccc(O)cc3)CC2=O)CC1. The van der Waals surface area contributed by atoms with Gasteiger partial charge in [0.15, 0.2) is 0 Å². The van der Waals surface area contributed by atoms with Crippen LogP contribution >= 0.6 is 0 Å². The molecular formula is C36H45N5O5. The van der Waals surface area contributed by atoms with E-state index in [0.717, 1.165) is 87.2 Å². The van der Waals surface area contributed by atoms with Crippen LogP contribution in [-0.2, 0) is 20.7 Å². The summed E-state index contributed by atoms with van der Waals surface area (Å²) in [6, 6.07) is 24.9. The van der Waals surface area contributed by atoms with Crippen LogP contribution in [0.4, 0.5) is 10.5 Å². The summed E-state index contributed by atoms with van der Waals surface area (Å²) in [5, 5.41) is 15.7. The third kappa shape index (κ3) is 9.79. The van der Waals surface area contributed by atoms with Crippen molar-refractivity contribution < 1.29 is 24.2 Å². The molecule has 0 aliphatic carbocycles. The van der Waals surface area contributed by atoms with Crippen LogP contribution < -0.4 is 10.6 Å². The molecule has 2 fully saturated rings.